The van der Waals surface area contributed by atoms with Crippen molar-refractivity contribution in [1.82, 2.24) is 10.3 Å². The van der Waals surface area contributed by atoms with Crippen molar-refractivity contribution in [3.8, 4) is 0 Å². The van der Waals surface area contributed by atoms with Crippen LogP contribution in [0.15, 0.2) is 109 Å². The first kappa shape index (κ1) is 42.3. The molecule has 0 aliphatic rings. The number of nitrogens with zero attached hydrogens (tertiary/aromatic N) is 3. The number of fused-ring (bicyclic) bond motifs is 1. The van der Waals surface area contributed by atoms with Crippen LogP contribution in [0.2, 0.25) is 0 Å². The number of non-ortho nitro benzene ring substituents is 1. The van der Waals surface area contributed by atoms with E-state index in [1.165, 1.54) is 18.3 Å². The molecule has 3 amide bonds. The number of ether oxygens (including phenoxy) is 3. The van der Waals surface area contributed by atoms with Gasteiger partial charge >= 0.3 is 18.2 Å². The number of imide groups is 1. The summed E-state index contributed by atoms with van der Waals surface area (Å²) in [6, 6.07) is 28.5. The van der Waals surface area contributed by atoms with Crippen molar-refractivity contribution < 1.29 is 38.3 Å². The summed E-state index contributed by atoms with van der Waals surface area (Å²) in [5.74, 6) is -0.749. The fourth-order valence-electron chi connectivity index (χ4n) is 5.76. The zero-order chi connectivity index (χ0) is 42.0. The van der Waals surface area contributed by atoms with Crippen LogP contribution in [-0.2, 0) is 43.4 Å². The van der Waals surface area contributed by atoms with Crippen LogP contribution >= 0.6 is 0 Å². The summed E-state index contributed by atoms with van der Waals surface area (Å²) in [7, 11) is 0. The lowest BCUT2D eigenvalue weighted by molar-refractivity contribution is -0.384. The Bertz CT molecular complexity index is 2240. The van der Waals surface area contributed by atoms with Gasteiger partial charge in [-0.3, -0.25) is 19.7 Å². The number of aromatic nitrogens is 1. The third-order valence-corrected chi connectivity index (χ3v) is 8.44. The molecule has 0 aliphatic heterocycles. The minimum atomic E-state index is -0.961. The second-order valence-corrected chi connectivity index (χ2v) is 15.5. The number of anilines is 2. The minimum absolute atomic E-state index is 0.00154. The summed E-state index contributed by atoms with van der Waals surface area (Å²) in [6.45, 7) is 10.3. The number of nitro benzene ring substituents is 1. The fourth-order valence-corrected chi connectivity index (χ4v) is 5.76. The number of nitrogens with one attached hydrogen (secondary N) is 2. The van der Waals surface area contributed by atoms with Gasteiger partial charge in [-0.2, -0.15) is 4.90 Å². The fraction of sp³-hybridized carbons (Fsp3) is 0.295. The lowest BCUT2D eigenvalue weighted by atomic mass is 10.0. The van der Waals surface area contributed by atoms with E-state index in [-0.39, 0.29) is 37.0 Å². The average molecular weight is 790 g/mol. The van der Waals surface area contributed by atoms with E-state index in [9.17, 15) is 29.3 Å². The van der Waals surface area contributed by atoms with Crippen molar-refractivity contribution in [3.63, 3.8) is 0 Å². The van der Waals surface area contributed by atoms with Crippen molar-refractivity contribution in [2.24, 2.45) is 0 Å². The molecule has 14 heteroatoms. The molecule has 1 aromatic heterocycles. The topological polar surface area (TPSA) is 179 Å². The van der Waals surface area contributed by atoms with Crippen molar-refractivity contribution in [3.05, 3.63) is 142 Å². The van der Waals surface area contributed by atoms with Gasteiger partial charge in [0, 0.05) is 42.4 Å². The Hall–Kier alpha value is -6.83. The number of hydrogen-bond acceptors (Lipinski definition) is 11. The lowest BCUT2D eigenvalue weighted by Gasteiger charge is -2.28. The number of hydrogen-bond donors (Lipinski definition) is 2. The van der Waals surface area contributed by atoms with Crippen LogP contribution in [0.25, 0.3) is 10.8 Å². The Morgan fingerprint density at radius 3 is 2.07 bits per heavy atom. The molecule has 58 heavy (non-hydrogen) atoms. The van der Waals surface area contributed by atoms with Gasteiger partial charge in [-0.15, -0.1) is 0 Å². The van der Waals surface area contributed by atoms with Gasteiger partial charge in [0.2, 0.25) is 5.91 Å². The number of carbonyl (C=O) groups is 4. The quantitative estimate of drug-likeness (QED) is 0.0503. The van der Waals surface area contributed by atoms with Gasteiger partial charge in [-0.25, -0.2) is 14.6 Å². The normalized spacial score (nSPS) is 11.9. The largest absolute Gasteiger partial charge is 0.461 e. The van der Waals surface area contributed by atoms with Crippen molar-refractivity contribution in [1.29, 1.82) is 0 Å². The van der Waals surface area contributed by atoms with Gasteiger partial charge < -0.3 is 24.8 Å². The van der Waals surface area contributed by atoms with Crippen LogP contribution in [0.3, 0.4) is 0 Å². The van der Waals surface area contributed by atoms with E-state index in [0.717, 1.165) is 16.0 Å². The van der Waals surface area contributed by atoms with Gasteiger partial charge in [0.25, 0.3) is 5.69 Å². The Morgan fingerprint density at radius 1 is 0.776 bits per heavy atom. The summed E-state index contributed by atoms with van der Waals surface area (Å²) in [4.78, 5) is 69.2. The molecule has 0 aliphatic carbocycles. The molecule has 0 saturated carbocycles. The Labute approximate surface area is 336 Å². The molecule has 0 saturated heterocycles. The molecule has 0 radical (unpaired) electrons. The average Bonchev–Trinajstić information content (AvgIpc) is 3.17. The Kier molecular flexibility index (Phi) is 13.4. The van der Waals surface area contributed by atoms with Gasteiger partial charge in [0.15, 0.2) is 5.82 Å². The molecule has 0 bridgehead atoms. The maximum absolute atomic E-state index is 13.9. The molecule has 5 aromatic rings. The first-order valence-electron chi connectivity index (χ1n) is 18.7. The maximum Gasteiger partial charge on any atom is 0.425 e. The lowest BCUT2D eigenvalue weighted by Crippen LogP contribution is -2.44. The van der Waals surface area contributed by atoms with E-state index in [1.54, 1.807) is 90.1 Å². The number of aryl methyl sites for hydroxylation is 1. The van der Waals surface area contributed by atoms with Crippen LogP contribution in [0.4, 0.5) is 26.8 Å². The Balaban J connectivity index is 1.40. The maximum atomic E-state index is 13.9. The molecule has 5 rings (SSSR count). The highest BCUT2D eigenvalue weighted by atomic mass is 16.6. The van der Waals surface area contributed by atoms with Crippen LogP contribution in [0, 0.1) is 10.1 Å². The van der Waals surface area contributed by atoms with Crippen LogP contribution in [0.1, 0.15) is 76.3 Å². The number of benzene rings is 4. The van der Waals surface area contributed by atoms with Crippen molar-refractivity contribution >= 4 is 52.0 Å². The highest BCUT2D eigenvalue weighted by Gasteiger charge is 2.34. The SMILES string of the molecule is CC(C)(C)OC(=O)N(C(=O)OC(C)(C)C)c1nccc2cc(NC(C(=O)NCc3cccc([N+](=O)[O-])c3)c3ccc(CCC(=O)OCc4ccccc4)cc3)ccc12. The molecule has 4 aromatic carbocycles. The zero-order valence-corrected chi connectivity index (χ0v) is 33.3. The summed E-state index contributed by atoms with van der Waals surface area (Å²) in [5.41, 5.74) is 1.49. The number of carbonyl (C=O) groups excluding carboxylic acids is 4. The van der Waals surface area contributed by atoms with E-state index < -0.39 is 40.3 Å². The van der Waals surface area contributed by atoms with E-state index in [1.807, 2.05) is 42.5 Å². The molecule has 14 nitrogen and oxygen atoms in total. The van der Waals surface area contributed by atoms with E-state index >= 15 is 0 Å². The molecular formula is C44H47N5O9. The molecule has 1 heterocycles. The summed E-state index contributed by atoms with van der Waals surface area (Å²) < 4.78 is 16.5. The summed E-state index contributed by atoms with van der Waals surface area (Å²) >= 11 is 0. The molecule has 0 fully saturated rings. The molecule has 2 N–H and O–H groups in total. The van der Waals surface area contributed by atoms with Crippen molar-refractivity contribution in [2.45, 2.75) is 84.8 Å². The van der Waals surface area contributed by atoms with Gasteiger partial charge in [0.1, 0.15) is 23.9 Å². The standard InChI is InChI=1S/C44H47N5O9/c1-43(2,3)57-41(52)48(42(53)58-44(4,5)6)39-36-21-20-34(26-33(36)23-24-45-39)47-38(40(51)46-27-31-13-10-14-35(25-31)49(54)55)32-18-15-29(16-19-32)17-22-37(50)56-28-30-11-8-7-9-12-30/h7-16,18-21,23-26,38,47H,17,22,27-28H2,1-6H3,(H,46,51). The first-order valence-corrected chi connectivity index (χ1v) is 18.7. The molecule has 1 unspecified atom stereocenters. The highest BCUT2D eigenvalue weighted by molar-refractivity contribution is 6.14. The van der Waals surface area contributed by atoms with Gasteiger partial charge in [-0.05, 0) is 99.9 Å². The molecular weight excluding hydrogens is 743 g/mol. The Morgan fingerprint density at radius 2 is 1.43 bits per heavy atom. The van der Waals surface area contributed by atoms with E-state index in [0.29, 0.717) is 34.0 Å². The third-order valence-electron chi connectivity index (χ3n) is 8.44. The highest BCUT2D eigenvalue weighted by Crippen LogP contribution is 2.31. The van der Waals surface area contributed by atoms with Gasteiger partial charge in [0.05, 0.1) is 4.92 Å². The van der Waals surface area contributed by atoms with E-state index in [4.69, 9.17) is 14.2 Å². The smallest absolute Gasteiger partial charge is 0.425 e. The first-order chi connectivity index (χ1) is 27.5. The summed E-state index contributed by atoms with van der Waals surface area (Å²) in [5, 5.41) is 18.5. The van der Waals surface area contributed by atoms with Crippen LogP contribution in [0.5, 0.6) is 0 Å². The number of rotatable bonds is 13. The second-order valence-electron chi connectivity index (χ2n) is 15.5. The molecule has 1 atom stereocenters. The number of nitro groups is 1. The van der Waals surface area contributed by atoms with Crippen LogP contribution in [-0.4, -0.2) is 45.2 Å². The number of amides is 3. The third kappa shape index (κ3) is 12.1. The molecule has 302 valence electrons. The monoisotopic (exact) mass is 789 g/mol. The van der Waals surface area contributed by atoms with Crippen molar-refractivity contribution in [2.75, 3.05) is 10.2 Å². The van der Waals surface area contributed by atoms with Gasteiger partial charge in [-0.1, -0.05) is 66.7 Å². The predicted octanol–water partition coefficient (Wildman–Crippen LogP) is 8.97. The predicted molar refractivity (Wildman–Crippen MR) is 219 cm³/mol. The minimum Gasteiger partial charge on any atom is -0.461 e. The number of pyridine rings is 1. The van der Waals surface area contributed by atoms with Crippen LogP contribution < -0.4 is 15.5 Å². The summed E-state index contributed by atoms with van der Waals surface area (Å²) in [6.07, 6.45) is 0.122. The number of esters is 1. The van der Waals surface area contributed by atoms with E-state index in [2.05, 4.69) is 15.6 Å². The zero-order valence-electron chi connectivity index (χ0n) is 33.3. The molecule has 0 spiro atoms. The second kappa shape index (κ2) is 18.4.